The Morgan fingerprint density at radius 2 is 2.35 bits per heavy atom. The molecule has 0 aliphatic carbocycles. The van der Waals surface area contributed by atoms with Crippen LogP contribution in [0.3, 0.4) is 0 Å². The van der Waals surface area contributed by atoms with Gasteiger partial charge in [-0.05, 0) is 19.1 Å². The molecule has 0 aromatic carbocycles. The van der Waals surface area contributed by atoms with E-state index in [9.17, 15) is 4.79 Å². The lowest BCUT2D eigenvalue weighted by molar-refractivity contribution is 0.194. The summed E-state index contributed by atoms with van der Waals surface area (Å²) in [6.07, 6.45) is 1.75. The van der Waals surface area contributed by atoms with E-state index in [0.717, 1.165) is 5.69 Å². The molecule has 2 heterocycles. The van der Waals surface area contributed by atoms with Crippen molar-refractivity contribution in [1.82, 2.24) is 14.8 Å². The van der Waals surface area contributed by atoms with Crippen LogP contribution >= 0.6 is 0 Å². The number of nitrogens with zero attached hydrogens (tertiary/aromatic N) is 3. The molecule has 1 aliphatic heterocycles. The lowest BCUT2D eigenvalue weighted by atomic mass is 10.2. The van der Waals surface area contributed by atoms with Gasteiger partial charge in [0.15, 0.2) is 0 Å². The van der Waals surface area contributed by atoms with Gasteiger partial charge in [-0.3, -0.25) is 4.98 Å². The van der Waals surface area contributed by atoms with Crippen LogP contribution in [-0.2, 0) is 0 Å². The highest BCUT2D eigenvalue weighted by Gasteiger charge is 2.36. The summed E-state index contributed by atoms with van der Waals surface area (Å²) in [7, 11) is 1.81. The van der Waals surface area contributed by atoms with Crippen molar-refractivity contribution in [2.75, 3.05) is 20.1 Å². The number of urea groups is 1. The molecular weight excluding hydrogens is 216 g/mol. The minimum atomic E-state index is -0.00478. The molecule has 0 spiro atoms. The van der Waals surface area contributed by atoms with Gasteiger partial charge in [-0.15, -0.1) is 0 Å². The van der Waals surface area contributed by atoms with E-state index in [4.69, 9.17) is 5.73 Å². The molecule has 5 heteroatoms. The normalized spacial score (nSPS) is 22.1. The van der Waals surface area contributed by atoms with E-state index in [2.05, 4.69) is 4.98 Å². The van der Waals surface area contributed by atoms with Crippen molar-refractivity contribution < 1.29 is 4.79 Å². The maximum atomic E-state index is 12.0. The average Bonchev–Trinajstić information content (AvgIpc) is 2.58. The van der Waals surface area contributed by atoms with Crippen molar-refractivity contribution in [2.24, 2.45) is 5.73 Å². The van der Waals surface area contributed by atoms with Crippen LogP contribution < -0.4 is 5.73 Å². The first kappa shape index (κ1) is 11.9. The summed E-state index contributed by atoms with van der Waals surface area (Å²) in [5.74, 6) is 0. The first-order chi connectivity index (χ1) is 8.09. The number of hydrogen-bond acceptors (Lipinski definition) is 3. The van der Waals surface area contributed by atoms with Gasteiger partial charge in [0.25, 0.3) is 0 Å². The molecule has 0 saturated carbocycles. The van der Waals surface area contributed by atoms with Gasteiger partial charge in [0.05, 0.1) is 11.7 Å². The zero-order valence-electron chi connectivity index (χ0n) is 10.2. The van der Waals surface area contributed by atoms with E-state index in [-0.39, 0.29) is 18.1 Å². The molecular formula is C12H18N4O. The molecule has 1 fully saturated rings. The number of aromatic nitrogens is 1. The summed E-state index contributed by atoms with van der Waals surface area (Å²) in [5, 5.41) is 0. The van der Waals surface area contributed by atoms with Crippen LogP contribution in [0.5, 0.6) is 0 Å². The summed E-state index contributed by atoms with van der Waals surface area (Å²) in [6.45, 7) is 3.15. The predicted molar refractivity (Wildman–Crippen MR) is 65.4 cm³/mol. The average molecular weight is 234 g/mol. The Kier molecular flexibility index (Phi) is 3.28. The standard InChI is InChI=1S/C12H18N4O/c1-9(13)7-16-8-11(15(2)12(16)17)10-5-3-4-6-14-10/h3-6,9,11H,7-8,13H2,1-2H3. The van der Waals surface area contributed by atoms with Gasteiger partial charge in [0.2, 0.25) is 0 Å². The highest BCUT2D eigenvalue weighted by Crippen LogP contribution is 2.26. The minimum Gasteiger partial charge on any atom is -0.326 e. The van der Waals surface area contributed by atoms with Gasteiger partial charge < -0.3 is 15.5 Å². The van der Waals surface area contributed by atoms with Gasteiger partial charge in [0, 0.05) is 32.4 Å². The highest BCUT2D eigenvalue weighted by atomic mass is 16.2. The summed E-state index contributed by atoms with van der Waals surface area (Å²) in [6, 6.07) is 5.81. The molecule has 5 nitrogen and oxygen atoms in total. The molecule has 2 atom stereocenters. The van der Waals surface area contributed by atoms with E-state index in [1.165, 1.54) is 0 Å². The van der Waals surface area contributed by atoms with Crippen LogP contribution in [0.4, 0.5) is 4.79 Å². The summed E-state index contributed by atoms with van der Waals surface area (Å²) < 4.78 is 0. The fraction of sp³-hybridized carbons (Fsp3) is 0.500. The molecule has 1 saturated heterocycles. The summed E-state index contributed by atoms with van der Waals surface area (Å²) in [5.41, 5.74) is 6.66. The van der Waals surface area contributed by atoms with Crippen molar-refractivity contribution in [3.05, 3.63) is 30.1 Å². The topological polar surface area (TPSA) is 62.5 Å². The number of pyridine rings is 1. The van der Waals surface area contributed by atoms with E-state index < -0.39 is 0 Å². The first-order valence-corrected chi connectivity index (χ1v) is 5.78. The van der Waals surface area contributed by atoms with E-state index in [1.54, 1.807) is 16.0 Å². The van der Waals surface area contributed by atoms with Crippen LogP contribution in [0, 0.1) is 0 Å². The van der Waals surface area contributed by atoms with Gasteiger partial charge >= 0.3 is 6.03 Å². The second kappa shape index (κ2) is 4.71. The van der Waals surface area contributed by atoms with Crippen LogP contribution in [0.25, 0.3) is 0 Å². The minimum absolute atomic E-state index is 0.00478. The molecule has 1 aromatic rings. The molecule has 1 aromatic heterocycles. The fourth-order valence-electron chi connectivity index (χ4n) is 2.13. The number of carbonyl (C=O) groups excluding carboxylic acids is 1. The van der Waals surface area contributed by atoms with Crippen molar-refractivity contribution in [2.45, 2.75) is 19.0 Å². The third-order valence-corrected chi connectivity index (χ3v) is 2.97. The van der Waals surface area contributed by atoms with Crippen LogP contribution in [0.2, 0.25) is 0 Å². The highest BCUT2D eigenvalue weighted by molar-refractivity contribution is 5.77. The van der Waals surface area contributed by atoms with Gasteiger partial charge in [-0.2, -0.15) is 0 Å². The Bertz CT molecular complexity index is 393. The zero-order valence-corrected chi connectivity index (χ0v) is 10.2. The molecule has 2 N–H and O–H groups in total. The van der Waals surface area contributed by atoms with Crippen molar-refractivity contribution in [3.8, 4) is 0 Å². The Morgan fingerprint density at radius 3 is 2.94 bits per heavy atom. The number of nitrogens with two attached hydrogens (primary N) is 1. The molecule has 2 unspecified atom stereocenters. The van der Waals surface area contributed by atoms with Crippen molar-refractivity contribution in [3.63, 3.8) is 0 Å². The number of carbonyl (C=O) groups is 1. The Morgan fingerprint density at radius 1 is 1.59 bits per heavy atom. The van der Waals surface area contributed by atoms with Gasteiger partial charge in [-0.1, -0.05) is 6.07 Å². The van der Waals surface area contributed by atoms with Crippen molar-refractivity contribution >= 4 is 6.03 Å². The molecule has 17 heavy (non-hydrogen) atoms. The summed E-state index contributed by atoms with van der Waals surface area (Å²) >= 11 is 0. The van der Waals surface area contributed by atoms with Crippen molar-refractivity contribution in [1.29, 1.82) is 0 Å². The molecule has 0 bridgehead atoms. The number of rotatable bonds is 3. The molecule has 0 radical (unpaired) electrons. The van der Waals surface area contributed by atoms with E-state index >= 15 is 0 Å². The Hall–Kier alpha value is -1.62. The lowest BCUT2D eigenvalue weighted by Crippen LogP contribution is -2.38. The predicted octanol–water partition coefficient (Wildman–Crippen LogP) is 0.837. The molecule has 1 aliphatic rings. The smallest absolute Gasteiger partial charge is 0.320 e. The maximum Gasteiger partial charge on any atom is 0.320 e. The Balaban J connectivity index is 2.14. The van der Waals surface area contributed by atoms with E-state index in [1.807, 2.05) is 32.2 Å². The largest absolute Gasteiger partial charge is 0.326 e. The van der Waals surface area contributed by atoms with Crippen LogP contribution in [0.15, 0.2) is 24.4 Å². The van der Waals surface area contributed by atoms with Crippen LogP contribution in [0.1, 0.15) is 18.7 Å². The fourth-order valence-corrected chi connectivity index (χ4v) is 2.13. The zero-order chi connectivity index (χ0) is 12.4. The van der Waals surface area contributed by atoms with Crippen LogP contribution in [-0.4, -0.2) is 47.0 Å². The monoisotopic (exact) mass is 234 g/mol. The number of likely N-dealkylation sites (N-methyl/N-ethyl adjacent to an activating group) is 1. The second-order valence-corrected chi connectivity index (χ2v) is 4.55. The Labute approximate surface area is 101 Å². The summed E-state index contributed by atoms with van der Waals surface area (Å²) in [4.78, 5) is 19.8. The number of hydrogen-bond donors (Lipinski definition) is 1. The van der Waals surface area contributed by atoms with Gasteiger partial charge in [0.1, 0.15) is 0 Å². The molecule has 92 valence electrons. The molecule has 2 amide bonds. The van der Waals surface area contributed by atoms with Gasteiger partial charge in [-0.25, -0.2) is 4.79 Å². The van der Waals surface area contributed by atoms with E-state index in [0.29, 0.717) is 13.1 Å². The quantitative estimate of drug-likeness (QED) is 0.843. The number of amides is 2. The third kappa shape index (κ3) is 2.39. The third-order valence-electron chi connectivity index (χ3n) is 2.97. The maximum absolute atomic E-state index is 12.0. The lowest BCUT2D eigenvalue weighted by Gasteiger charge is -2.17. The first-order valence-electron chi connectivity index (χ1n) is 5.78. The second-order valence-electron chi connectivity index (χ2n) is 4.55. The SMILES string of the molecule is CC(N)CN1CC(c2ccccn2)N(C)C1=O. The molecule has 2 rings (SSSR count).